The molecule has 0 aliphatic rings. The molecule has 0 saturated carbocycles. The quantitative estimate of drug-likeness (QED) is 0.142. The van der Waals surface area contributed by atoms with E-state index in [-0.39, 0.29) is 12.0 Å². The number of hydrogen-bond acceptors (Lipinski definition) is 8. The number of thiophene rings is 1. The maximum atomic E-state index is 12.8. The zero-order chi connectivity index (χ0) is 30.2. The zero-order valence-electron chi connectivity index (χ0n) is 24.8. The molecule has 0 saturated heterocycles. The number of nitrogens with zero attached hydrogens (tertiary/aromatic N) is 2. The number of methoxy groups -OCH3 is 2. The summed E-state index contributed by atoms with van der Waals surface area (Å²) in [6.45, 7) is 4.75. The highest BCUT2D eigenvalue weighted by Crippen LogP contribution is 2.38. The Morgan fingerprint density at radius 3 is 2.47 bits per heavy atom. The molecule has 0 spiro atoms. The van der Waals surface area contributed by atoms with E-state index in [1.54, 1.807) is 14.2 Å². The Bertz CT molecular complexity index is 1690. The molecule has 8 nitrogen and oxygen atoms in total. The minimum absolute atomic E-state index is 0.0880. The zero-order valence-corrected chi connectivity index (χ0v) is 25.7. The van der Waals surface area contributed by atoms with Crippen molar-refractivity contribution in [1.82, 2.24) is 15.3 Å². The van der Waals surface area contributed by atoms with Crippen molar-refractivity contribution in [3.05, 3.63) is 88.9 Å². The fourth-order valence-electron chi connectivity index (χ4n) is 4.85. The van der Waals surface area contributed by atoms with Gasteiger partial charge in [0.15, 0.2) is 11.5 Å². The molecule has 1 atom stereocenters. The molecule has 9 heteroatoms. The smallest absolute Gasteiger partial charge is 0.261 e. The number of aromatic nitrogens is 2. The molecule has 0 aliphatic carbocycles. The Morgan fingerprint density at radius 1 is 0.907 bits per heavy atom. The monoisotopic (exact) mass is 596 g/mol. The number of carbonyl (C=O) groups is 1. The number of rotatable bonds is 13. The van der Waals surface area contributed by atoms with Gasteiger partial charge in [0, 0.05) is 18.0 Å². The van der Waals surface area contributed by atoms with Crippen LogP contribution in [0.3, 0.4) is 0 Å². The van der Waals surface area contributed by atoms with Crippen LogP contribution in [0.5, 0.6) is 17.2 Å². The van der Waals surface area contributed by atoms with Crippen molar-refractivity contribution < 1.29 is 19.0 Å². The van der Waals surface area contributed by atoms with Crippen molar-refractivity contribution in [3.8, 4) is 28.4 Å². The second kappa shape index (κ2) is 14.0. The van der Waals surface area contributed by atoms with Crippen LogP contribution >= 0.6 is 11.3 Å². The summed E-state index contributed by atoms with van der Waals surface area (Å²) in [5.41, 5.74) is 4.39. The first kappa shape index (κ1) is 29.8. The van der Waals surface area contributed by atoms with Gasteiger partial charge in [0.05, 0.1) is 36.4 Å². The van der Waals surface area contributed by atoms with E-state index in [0.29, 0.717) is 34.5 Å². The van der Waals surface area contributed by atoms with E-state index in [0.717, 1.165) is 52.5 Å². The summed E-state index contributed by atoms with van der Waals surface area (Å²) in [7, 11) is 3.27. The van der Waals surface area contributed by atoms with E-state index in [4.69, 9.17) is 14.2 Å². The lowest BCUT2D eigenvalue weighted by Crippen LogP contribution is -2.21. The lowest BCUT2D eigenvalue weighted by Gasteiger charge is -2.20. The van der Waals surface area contributed by atoms with Gasteiger partial charge in [0.25, 0.3) is 5.91 Å². The summed E-state index contributed by atoms with van der Waals surface area (Å²) in [6.07, 6.45) is 4.49. The molecule has 0 radical (unpaired) electrons. The maximum absolute atomic E-state index is 12.8. The largest absolute Gasteiger partial charge is 0.495 e. The van der Waals surface area contributed by atoms with Gasteiger partial charge in [-0.25, -0.2) is 9.97 Å². The Balaban J connectivity index is 1.41. The molecule has 5 aromatic rings. The van der Waals surface area contributed by atoms with Crippen molar-refractivity contribution in [2.24, 2.45) is 0 Å². The molecule has 1 amide bonds. The number of amides is 1. The fourth-order valence-corrected chi connectivity index (χ4v) is 5.68. The van der Waals surface area contributed by atoms with E-state index in [1.807, 2.05) is 72.1 Å². The molecule has 2 N–H and O–H groups in total. The van der Waals surface area contributed by atoms with E-state index in [9.17, 15) is 4.79 Å². The third-order valence-corrected chi connectivity index (χ3v) is 8.11. The number of ether oxygens (including phenoxy) is 3. The number of carbonyl (C=O) groups excluding carboxylic acids is 1. The van der Waals surface area contributed by atoms with Crippen LogP contribution in [0.25, 0.3) is 22.0 Å². The molecule has 1 unspecified atom stereocenters. The highest BCUT2D eigenvalue weighted by molar-refractivity contribution is 7.12. The van der Waals surface area contributed by atoms with Crippen LogP contribution in [0.2, 0.25) is 0 Å². The topological polar surface area (TPSA) is 94.6 Å². The normalized spacial score (nSPS) is 11.6. The van der Waals surface area contributed by atoms with Gasteiger partial charge in [-0.3, -0.25) is 4.79 Å². The van der Waals surface area contributed by atoms with Gasteiger partial charge in [-0.2, -0.15) is 0 Å². The van der Waals surface area contributed by atoms with E-state index in [1.165, 1.54) is 17.7 Å². The standard InChI is InChI=1S/C34H36N4O4S/c1-5-10-25(6-2)42-31-17-26-27(18-30(31)41-4)36-21-37-33(26)38-28-15-23(13-14-29(28)40-3)24-16-32(43-20-24)34(39)35-19-22-11-8-7-9-12-22/h7-9,11-18,20-21,25H,5-6,10,19H2,1-4H3,(H,35,39)(H,36,37,38). The predicted octanol–water partition coefficient (Wildman–Crippen LogP) is 8.01. The van der Waals surface area contributed by atoms with Crippen molar-refractivity contribution in [2.75, 3.05) is 19.5 Å². The summed E-state index contributed by atoms with van der Waals surface area (Å²) in [5, 5.41) is 9.24. The predicted molar refractivity (Wildman–Crippen MR) is 173 cm³/mol. The van der Waals surface area contributed by atoms with Crippen molar-refractivity contribution in [2.45, 2.75) is 45.8 Å². The van der Waals surface area contributed by atoms with Gasteiger partial charge < -0.3 is 24.8 Å². The molecule has 2 heterocycles. The number of benzene rings is 3. The molecule has 0 bridgehead atoms. The van der Waals surface area contributed by atoms with E-state index in [2.05, 4.69) is 34.4 Å². The molecule has 43 heavy (non-hydrogen) atoms. The number of fused-ring (bicyclic) bond motifs is 1. The van der Waals surface area contributed by atoms with Crippen molar-refractivity contribution >= 4 is 39.7 Å². The third kappa shape index (κ3) is 7.06. The van der Waals surface area contributed by atoms with Gasteiger partial charge >= 0.3 is 0 Å². The maximum Gasteiger partial charge on any atom is 0.261 e. The summed E-state index contributed by atoms with van der Waals surface area (Å²) in [6, 6.07) is 21.5. The summed E-state index contributed by atoms with van der Waals surface area (Å²) in [5.74, 6) is 2.46. The Labute approximate surface area is 256 Å². The van der Waals surface area contributed by atoms with Crippen molar-refractivity contribution in [3.63, 3.8) is 0 Å². The van der Waals surface area contributed by atoms with E-state index >= 15 is 0 Å². The molecule has 0 aliphatic heterocycles. The van der Waals surface area contributed by atoms with Crippen LogP contribution in [0.4, 0.5) is 11.5 Å². The van der Waals surface area contributed by atoms with Crippen LogP contribution in [-0.4, -0.2) is 36.2 Å². The molecule has 2 aromatic heterocycles. The van der Waals surface area contributed by atoms with Crippen LogP contribution in [0.1, 0.15) is 48.3 Å². The highest BCUT2D eigenvalue weighted by atomic mass is 32.1. The van der Waals surface area contributed by atoms with Gasteiger partial charge in [-0.05, 0) is 59.2 Å². The Hall–Kier alpha value is -4.63. The average molecular weight is 597 g/mol. The molecule has 222 valence electrons. The first-order valence-electron chi connectivity index (χ1n) is 14.4. The summed E-state index contributed by atoms with van der Waals surface area (Å²) < 4.78 is 17.7. The van der Waals surface area contributed by atoms with Gasteiger partial charge in [0.2, 0.25) is 0 Å². The van der Waals surface area contributed by atoms with Crippen LogP contribution < -0.4 is 24.8 Å². The second-order valence-corrected chi connectivity index (χ2v) is 11.0. The molecular formula is C34H36N4O4S. The fraction of sp³-hybridized carbons (Fsp3) is 0.265. The highest BCUT2D eigenvalue weighted by Gasteiger charge is 2.17. The molecule has 0 fully saturated rings. The SMILES string of the molecule is CCCC(CC)Oc1cc2c(Nc3cc(-c4csc(C(=O)NCc5ccccc5)c4)ccc3OC)ncnc2cc1OC. The van der Waals surface area contributed by atoms with E-state index < -0.39 is 0 Å². The first-order chi connectivity index (χ1) is 21.0. The number of hydrogen-bond donors (Lipinski definition) is 2. The Morgan fingerprint density at radius 2 is 1.72 bits per heavy atom. The number of nitrogens with one attached hydrogen (secondary N) is 2. The lowest BCUT2D eigenvalue weighted by atomic mass is 10.1. The molecule has 3 aromatic carbocycles. The molecule has 5 rings (SSSR count). The Kier molecular flexibility index (Phi) is 9.73. The van der Waals surface area contributed by atoms with Crippen LogP contribution in [0, 0.1) is 0 Å². The first-order valence-corrected chi connectivity index (χ1v) is 15.3. The average Bonchev–Trinajstić information content (AvgIpc) is 3.54. The van der Waals surface area contributed by atoms with Gasteiger partial charge in [-0.15, -0.1) is 11.3 Å². The molecular weight excluding hydrogens is 560 g/mol. The minimum atomic E-state index is -0.0999. The van der Waals surface area contributed by atoms with Gasteiger partial charge in [0.1, 0.15) is 17.9 Å². The third-order valence-electron chi connectivity index (χ3n) is 7.19. The minimum Gasteiger partial charge on any atom is -0.495 e. The summed E-state index contributed by atoms with van der Waals surface area (Å²) >= 11 is 1.41. The lowest BCUT2D eigenvalue weighted by molar-refractivity contribution is 0.0955. The van der Waals surface area contributed by atoms with Crippen molar-refractivity contribution in [1.29, 1.82) is 0 Å². The van der Waals surface area contributed by atoms with Crippen LogP contribution in [0.15, 0.2) is 78.4 Å². The van der Waals surface area contributed by atoms with Crippen LogP contribution in [-0.2, 0) is 6.54 Å². The van der Waals surface area contributed by atoms with Gasteiger partial charge in [-0.1, -0.05) is 56.7 Å². The summed E-state index contributed by atoms with van der Waals surface area (Å²) in [4.78, 5) is 22.5. The number of anilines is 2. The second-order valence-electron chi connectivity index (χ2n) is 10.1.